The van der Waals surface area contributed by atoms with Crippen LogP contribution in [0.1, 0.15) is 50.0 Å². The van der Waals surface area contributed by atoms with Crippen LogP contribution in [0.3, 0.4) is 0 Å². The van der Waals surface area contributed by atoms with E-state index in [2.05, 4.69) is 6.92 Å². The van der Waals surface area contributed by atoms with Crippen LogP contribution >= 0.6 is 34.8 Å². The Labute approximate surface area is 180 Å². The van der Waals surface area contributed by atoms with Crippen molar-refractivity contribution in [1.29, 1.82) is 0 Å². The fourth-order valence-corrected chi connectivity index (χ4v) is 3.94. The Kier molecular flexibility index (Phi) is 7.05. The van der Waals surface area contributed by atoms with Gasteiger partial charge in [-0.25, -0.2) is 4.68 Å². The second kappa shape index (κ2) is 9.32. The van der Waals surface area contributed by atoms with Crippen molar-refractivity contribution in [2.24, 2.45) is 0 Å². The fraction of sp³-hybridized carbons (Fsp3) is 0.318. The Morgan fingerprint density at radius 3 is 2.32 bits per heavy atom. The van der Waals surface area contributed by atoms with Gasteiger partial charge < -0.3 is 5.11 Å². The Bertz CT molecular complexity index is 951. The highest BCUT2D eigenvalue weighted by Gasteiger charge is 2.23. The topological polar surface area (TPSA) is 38.1 Å². The lowest BCUT2D eigenvalue weighted by molar-refractivity contribution is 0.158. The van der Waals surface area contributed by atoms with E-state index in [-0.39, 0.29) is 0 Å². The number of benzene rings is 2. The van der Waals surface area contributed by atoms with Crippen LogP contribution in [-0.2, 0) is 0 Å². The number of aromatic nitrogens is 2. The second-order valence-electron chi connectivity index (χ2n) is 6.88. The molecule has 1 atom stereocenters. The molecule has 148 valence electrons. The highest BCUT2D eigenvalue weighted by Crippen LogP contribution is 2.35. The quantitative estimate of drug-likeness (QED) is 0.390. The van der Waals surface area contributed by atoms with Crippen molar-refractivity contribution < 1.29 is 5.11 Å². The predicted molar refractivity (Wildman–Crippen MR) is 118 cm³/mol. The molecule has 0 aliphatic heterocycles. The van der Waals surface area contributed by atoms with Crippen molar-refractivity contribution in [1.82, 2.24) is 9.78 Å². The molecule has 0 saturated heterocycles. The van der Waals surface area contributed by atoms with Crippen molar-refractivity contribution in [3.63, 3.8) is 0 Å². The molecule has 3 aromatic rings. The summed E-state index contributed by atoms with van der Waals surface area (Å²) in [4.78, 5) is 0. The molecule has 0 aliphatic carbocycles. The maximum atomic E-state index is 10.8. The zero-order valence-electron chi connectivity index (χ0n) is 15.9. The normalized spacial score (nSPS) is 12.4. The van der Waals surface area contributed by atoms with Gasteiger partial charge in [-0.05, 0) is 43.7 Å². The first-order chi connectivity index (χ1) is 13.4. The van der Waals surface area contributed by atoms with Gasteiger partial charge in [-0.3, -0.25) is 0 Å². The minimum absolute atomic E-state index is 0.497. The van der Waals surface area contributed by atoms with Crippen molar-refractivity contribution in [3.05, 3.63) is 68.8 Å². The van der Waals surface area contributed by atoms with Gasteiger partial charge in [0.25, 0.3) is 0 Å². The molecule has 1 aromatic heterocycles. The average Bonchev–Trinajstić information content (AvgIpc) is 3.00. The summed E-state index contributed by atoms with van der Waals surface area (Å²) in [6.45, 7) is 4.13. The molecule has 0 amide bonds. The summed E-state index contributed by atoms with van der Waals surface area (Å²) in [5.74, 6) is 0. The molecule has 0 bridgehead atoms. The molecule has 2 aromatic carbocycles. The number of rotatable bonds is 7. The lowest BCUT2D eigenvalue weighted by Crippen LogP contribution is -2.03. The summed E-state index contributed by atoms with van der Waals surface area (Å²) >= 11 is 18.6. The van der Waals surface area contributed by atoms with Crippen LogP contribution < -0.4 is 0 Å². The number of hydrogen-bond donors (Lipinski definition) is 1. The van der Waals surface area contributed by atoms with Gasteiger partial charge in [0.2, 0.25) is 0 Å². The van der Waals surface area contributed by atoms with E-state index >= 15 is 0 Å². The predicted octanol–water partition coefficient (Wildman–Crippen LogP) is 7.42. The lowest BCUT2D eigenvalue weighted by Gasteiger charge is -2.11. The van der Waals surface area contributed by atoms with E-state index < -0.39 is 6.10 Å². The Hall–Kier alpha value is -1.52. The molecule has 6 heteroatoms. The molecular formula is C22H23Cl3N2O. The van der Waals surface area contributed by atoms with Crippen molar-refractivity contribution in [2.45, 2.75) is 45.6 Å². The summed E-state index contributed by atoms with van der Waals surface area (Å²) in [7, 11) is 0. The number of hydrogen-bond acceptors (Lipinski definition) is 2. The first kappa shape index (κ1) is 21.2. The van der Waals surface area contributed by atoms with E-state index in [0.29, 0.717) is 32.9 Å². The van der Waals surface area contributed by atoms with E-state index in [0.717, 1.165) is 36.1 Å². The minimum Gasteiger partial charge on any atom is -0.387 e. The highest BCUT2D eigenvalue weighted by molar-refractivity contribution is 6.35. The molecule has 28 heavy (non-hydrogen) atoms. The number of aliphatic hydroxyl groups excluding tert-OH is 1. The third-order valence-electron chi connectivity index (χ3n) is 4.81. The third-order valence-corrected chi connectivity index (χ3v) is 5.60. The summed E-state index contributed by atoms with van der Waals surface area (Å²) in [5, 5.41) is 17.2. The summed E-state index contributed by atoms with van der Waals surface area (Å²) < 4.78 is 1.79. The van der Waals surface area contributed by atoms with Gasteiger partial charge >= 0.3 is 0 Å². The van der Waals surface area contributed by atoms with Gasteiger partial charge in [0, 0.05) is 21.2 Å². The van der Waals surface area contributed by atoms with Gasteiger partial charge in [0.1, 0.15) is 0 Å². The summed E-state index contributed by atoms with van der Waals surface area (Å²) in [6.07, 6.45) is 3.22. The summed E-state index contributed by atoms with van der Waals surface area (Å²) in [6, 6.07) is 12.9. The monoisotopic (exact) mass is 436 g/mol. The van der Waals surface area contributed by atoms with Gasteiger partial charge in [-0.2, -0.15) is 5.10 Å². The van der Waals surface area contributed by atoms with Crippen LogP contribution in [0.25, 0.3) is 16.9 Å². The Morgan fingerprint density at radius 2 is 1.68 bits per heavy atom. The molecule has 0 spiro atoms. The number of aliphatic hydroxyl groups is 1. The molecule has 1 N–H and O–H groups in total. The number of nitrogens with zero attached hydrogens (tertiary/aromatic N) is 2. The van der Waals surface area contributed by atoms with Crippen molar-refractivity contribution in [2.75, 3.05) is 0 Å². The van der Waals surface area contributed by atoms with Crippen LogP contribution in [0.2, 0.25) is 15.1 Å². The van der Waals surface area contributed by atoms with E-state index in [1.165, 1.54) is 0 Å². The fourth-order valence-electron chi connectivity index (χ4n) is 3.33. The molecular weight excluding hydrogens is 415 g/mol. The average molecular weight is 438 g/mol. The van der Waals surface area contributed by atoms with Crippen LogP contribution in [0.4, 0.5) is 0 Å². The van der Waals surface area contributed by atoms with Gasteiger partial charge in [-0.1, -0.05) is 73.1 Å². The van der Waals surface area contributed by atoms with Crippen molar-refractivity contribution >= 4 is 34.8 Å². The molecule has 0 fully saturated rings. The molecule has 3 rings (SSSR count). The van der Waals surface area contributed by atoms with Gasteiger partial charge in [0.05, 0.1) is 28.2 Å². The Balaban J connectivity index is 2.13. The van der Waals surface area contributed by atoms with Gasteiger partial charge in [0.15, 0.2) is 0 Å². The standard InChI is InChI=1S/C22H23Cl3N2O/c1-3-4-5-6-20(28)21-14(2)22(15-7-9-16(23)10-8-15)27(26-21)19-12-11-17(24)13-18(19)25/h7-13,20,28H,3-6H2,1-2H3. The second-order valence-corrected chi connectivity index (χ2v) is 8.16. The van der Waals surface area contributed by atoms with E-state index in [9.17, 15) is 5.11 Å². The van der Waals surface area contributed by atoms with Crippen LogP contribution in [0, 0.1) is 6.92 Å². The van der Waals surface area contributed by atoms with Crippen molar-refractivity contribution in [3.8, 4) is 16.9 Å². The first-order valence-corrected chi connectivity index (χ1v) is 10.5. The molecule has 1 unspecified atom stereocenters. The maximum absolute atomic E-state index is 10.8. The highest BCUT2D eigenvalue weighted by atomic mass is 35.5. The zero-order valence-corrected chi connectivity index (χ0v) is 18.2. The largest absolute Gasteiger partial charge is 0.387 e. The van der Waals surface area contributed by atoms with E-state index in [1.807, 2.05) is 37.3 Å². The van der Waals surface area contributed by atoms with Crippen LogP contribution in [0.15, 0.2) is 42.5 Å². The minimum atomic E-state index is -0.620. The molecule has 0 aliphatic rings. The van der Waals surface area contributed by atoms with E-state index in [1.54, 1.807) is 16.8 Å². The molecule has 3 nitrogen and oxygen atoms in total. The zero-order chi connectivity index (χ0) is 20.3. The smallest absolute Gasteiger partial charge is 0.0981 e. The lowest BCUT2D eigenvalue weighted by atomic mass is 10.0. The van der Waals surface area contributed by atoms with E-state index in [4.69, 9.17) is 39.9 Å². The Morgan fingerprint density at radius 1 is 1.00 bits per heavy atom. The number of halogens is 3. The molecule has 0 saturated carbocycles. The SMILES string of the molecule is CCCCCC(O)c1nn(-c2ccc(Cl)cc2Cl)c(-c2ccc(Cl)cc2)c1C. The van der Waals surface area contributed by atoms with Gasteiger partial charge in [-0.15, -0.1) is 0 Å². The first-order valence-electron chi connectivity index (χ1n) is 9.41. The summed E-state index contributed by atoms with van der Waals surface area (Å²) in [5.41, 5.74) is 4.15. The van der Waals surface area contributed by atoms with Crippen LogP contribution in [0.5, 0.6) is 0 Å². The third kappa shape index (κ3) is 4.55. The number of unbranched alkanes of at least 4 members (excludes halogenated alkanes) is 2. The van der Waals surface area contributed by atoms with Crippen LogP contribution in [-0.4, -0.2) is 14.9 Å². The molecule has 0 radical (unpaired) electrons. The molecule has 1 heterocycles. The maximum Gasteiger partial charge on any atom is 0.0981 e.